The molecule has 1 heterocycles. The van der Waals surface area contributed by atoms with Crippen molar-refractivity contribution in [2.75, 3.05) is 0 Å². The molecule has 1 aromatic heterocycles. The van der Waals surface area contributed by atoms with Crippen molar-refractivity contribution < 1.29 is 0 Å². The van der Waals surface area contributed by atoms with E-state index in [1.165, 1.54) is 0 Å². The number of nitrogens with one attached hydrogen (secondary N) is 1. The maximum Gasteiger partial charge on any atom is 0.0303 e. The molecule has 0 saturated heterocycles. The van der Waals surface area contributed by atoms with E-state index in [-0.39, 0.29) is 5.92 Å². The summed E-state index contributed by atoms with van der Waals surface area (Å²) in [6.45, 7) is 4.16. The molecule has 1 atom stereocenters. The number of hydrogen-bond donors (Lipinski definition) is 1. The van der Waals surface area contributed by atoms with Gasteiger partial charge in [-0.1, -0.05) is 26.3 Å². The second kappa shape index (κ2) is 5.53. The Morgan fingerprint density at radius 1 is 1.64 bits per heavy atom. The van der Waals surface area contributed by atoms with Crippen LogP contribution in [0.5, 0.6) is 0 Å². The molecule has 0 aliphatic rings. The lowest BCUT2D eigenvalue weighted by atomic mass is 9.95. The smallest absolute Gasteiger partial charge is 0.0303 e. The summed E-state index contributed by atoms with van der Waals surface area (Å²) < 4.78 is 0. The molecule has 1 radical (unpaired) electrons. The van der Waals surface area contributed by atoms with E-state index in [9.17, 15) is 0 Å². The van der Waals surface area contributed by atoms with Crippen molar-refractivity contribution in [1.29, 1.82) is 5.41 Å². The van der Waals surface area contributed by atoms with E-state index in [0.717, 1.165) is 24.1 Å². The molecule has 2 nitrogen and oxygen atoms in total. The molecule has 1 aromatic rings. The minimum atomic E-state index is 0.221. The first-order valence-electron chi connectivity index (χ1n) is 5.06. The predicted molar refractivity (Wildman–Crippen MR) is 59.4 cm³/mol. The van der Waals surface area contributed by atoms with Crippen LogP contribution in [0.4, 0.5) is 0 Å². The van der Waals surface area contributed by atoms with E-state index in [1.807, 2.05) is 18.3 Å². The fourth-order valence-electron chi connectivity index (χ4n) is 1.36. The molecule has 0 saturated carbocycles. The van der Waals surface area contributed by atoms with Gasteiger partial charge in [0.05, 0.1) is 0 Å². The van der Waals surface area contributed by atoms with Crippen molar-refractivity contribution in [2.45, 2.75) is 26.7 Å². The molecule has 1 rings (SSSR count). The van der Waals surface area contributed by atoms with Gasteiger partial charge < -0.3 is 5.41 Å². The van der Waals surface area contributed by atoms with Crippen LogP contribution in [-0.2, 0) is 0 Å². The summed E-state index contributed by atoms with van der Waals surface area (Å²) in [5, 5.41) is 7.79. The molecule has 0 spiro atoms. The van der Waals surface area contributed by atoms with Crippen LogP contribution in [0.15, 0.2) is 24.5 Å². The molecular weight excluding hydrogens is 172 g/mol. The molecule has 0 aliphatic carbocycles. The fraction of sp³-hybridized carbons (Fsp3) is 0.417. The zero-order valence-corrected chi connectivity index (χ0v) is 8.83. The van der Waals surface area contributed by atoms with Gasteiger partial charge in [0, 0.05) is 30.4 Å². The zero-order chi connectivity index (χ0) is 10.4. The highest BCUT2D eigenvalue weighted by Crippen LogP contribution is 2.13. The minimum absolute atomic E-state index is 0.221. The highest BCUT2D eigenvalue weighted by molar-refractivity contribution is 5.85. The predicted octanol–water partition coefficient (Wildman–Crippen LogP) is 3.09. The Morgan fingerprint density at radius 3 is 3.00 bits per heavy atom. The van der Waals surface area contributed by atoms with Crippen LogP contribution in [0.25, 0.3) is 0 Å². The normalized spacial score (nSPS) is 12.4. The Labute approximate surface area is 85.9 Å². The summed E-state index contributed by atoms with van der Waals surface area (Å²) in [5.41, 5.74) is 1.90. The monoisotopic (exact) mass is 189 g/mol. The number of pyridine rings is 1. The van der Waals surface area contributed by atoms with Gasteiger partial charge in [-0.05, 0) is 18.1 Å². The number of rotatable bonds is 5. The Morgan fingerprint density at radius 2 is 2.43 bits per heavy atom. The van der Waals surface area contributed by atoms with Crippen molar-refractivity contribution >= 4 is 5.71 Å². The SMILES string of the molecule is CCCC(=N)C(C)[CH]c1cccnc1. The average molecular weight is 189 g/mol. The van der Waals surface area contributed by atoms with Gasteiger partial charge in [-0.3, -0.25) is 4.98 Å². The largest absolute Gasteiger partial charge is 0.309 e. The standard InChI is InChI=1S/C12H17N2/c1-3-5-12(13)10(2)8-11-6-4-7-14-9-11/h4,6-10,13H,3,5H2,1-2H3. The van der Waals surface area contributed by atoms with E-state index >= 15 is 0 Å². The molecule has 0 aliphatic heterocycles. The van der Waals surface area contributed by atoms with Crippen LogP contribution >= 0.6 is 0 Å². The summed E-state index contributed by atoms with van der Waals surface area (Å²) in [6, 6.07) is 3.94. The molecule has 1 N–H and O–H groups in total. The van der Waals surface area contributed by atoms with Crippen LogP contribution in [0, 0.1) is 17.7 Å². The lowest BCUT2D eigenvalue weighted by Gasteiger charge is -2.11. The molecule has 0 bridgehead atoms. The van der Waals surface area contributed by atoms with E-state index in [2.05, 4.69) is 25.3 Å². The molecule has 2 heteroatoms. The van der Waals surface area contributed by atoms with E-state index < -0.39 is 0 Å². The van der Waals surface area contributed by atoms with Crippen LogP contribution in [0.3, 0.4) is 0 Å². The zero-order valence-electron chi connectivity index (χ0n) is 8.83. The second-order valence-corrected chi connectivity index (χ2v) is 3.52. The van der Waals surface area contributed by atoms with Crippen LogP contribution < -0.4 is 0 Å². The average Bonchev–Trinajstić information content (AvgIpc) is 2.19. The molecule has 0 aromatic carbocycles. The van der Waals surface area contributed by atoms with Crippen molar-refractivity contribution in [3.05, 3.63) is 36.5 Å². The van der Waals surface area contributed by atoms with Gasteiger partial charge in [-0.25, -0.2) is 0 Å². The summed E-state index contributed by atoms with van der Waals surface area (Å²) in [5.74, 6) is 0.221. The first-order valence-corrected chi connectivity index (χ1v) is 5.06. The molecule has 1 unspecified atom stereocenters. The summed E-state index contributed by atoms with van der Waals surface area (Å²) in [6.07, 6.45) is 7.61. The van der Waals surface area contributed by atoms with Crippen LogP contribution in [0.1, 0.15) is 32.3 Å². The van der Waals surface area contributed by atoms with Crippen molar-refractivity contribution in [3.8, 4) is 0 Å². The Kier molecular flexibility index (Phi) is 4.30. The third-order valence-corrected chi connectivity index (χ3v) is 2.20. The second-order valence-electron chi connectivity index (χ2n) is 3.52. The summed E-state index contributed by atoms with van der Waals surface area (Å²) in [7, 11) is 0. The van der Waals surface area contributed by atoms with Crippen LogP contribution in [0.2, 0.25) is 0 Å². The molecular formula is C12H17N2. The van der Waals surface area contributed by atoms with Crippen molar-refractivity contribution in [2.24, 2.45) is 5.92 Å². The number of nitrogens with zero attached hydrogens (tertiary/aromatic N) is 1. The van der Waals surface area contributed by atoms with E-state index in [0.29, 0.717) is 0 Å². The van der Waals surface area contributed by atoms with Gasteiger partial charge in [0.2, 0.25) is 0 Å². The van der Waals surface area contributed by atoms with E-state index in [4.69, 9.17) is 5.41 Å². The highest BCUT2D eigenvalue weighted by atomic mass is 14.6. The molecule has 0 fully saturated rings. The van der Waals surface area contributed by atoms with Gasteiger partial charge in [0.1, 0.15) is 0 Å². The third kappa shape index (κ3) is 3.29. The number of aromatic nitrogens is 1. The summed E-state index contributed by atoms with van der Waals surface area (Å²) in [4.78, 5) is 4.04. The van der Waals surface area contributed by atoms with Crippen LogP contribution in [-0.4, -0.2) is 10.7 Å². The number of hydrogen-bond acceptors (Lipinski definition) is 2. The van der Waals surface area contributed by atoms with Crippen molar-refractivity contribution in [3.63, 3.8) is 0 Å². The highest BCUT2D eigenvalue weighted by Gasteiger charge is 2.08. The van der Waals surface area contributed by atoms with Gasteiger partial charge >= 0.3 is 0 Å². The minimum Gasteiger partial charge on any atom is -0.309 e. The topological polar surface area (TPSA) is 36.7 Å². The summed E-state index contributed by atoms with van der Waals surface area (Å²) >= 11 is 0. The third-order valence-electron chi connectivity index (χ3n) is 2.20. The van der Waals surface area contributed by atoms with E-state index in [1.54, 1.807) is 6.20 Å². The Hall–Kier alpha value is -1.18. The van der Waals surface area contributed by atoms with Gasteiger partial charge in [0.25, 0.3) is 0 Å². The van der Waals surface area contributed by atoms with Gasteiger partial charge in [-0.15, -0.1) is 0 Å². The Bertz CT molecular complexity index is 280. The lowest BCUT2D eigenvalue weighted by molar-refractivity contribution is 0.847. The maximum atomic E-state index is 7.79. The molecule has 75 valence electrons. The van der Waals surface area contributed by atoms with Gasteiger partial charge in [0.15, 0.2) is 0 Å². The molecule has 14 heavy (non-hydrogen) atoms. The molecule has 0 amide bonds. The first kappa shape index (κ1) is 10.9. The van der Waals surface area contributed by atoms with Crippen molar-refractivity contribution in [1.82, 2.24) is 4.98 Å². The first-order chi connectivity index (χ1) is 6.74. The quantitative estimate of drug-likeness (QED) is 0.710. The Balaban J connectivity index is 2.49. The fourth-order valence-corrected chi connectivity index (χ4v) is 1.36. The maximum absolute atomic E-state index is 7.79. The lowest BCUT2D eigenvalue weighted by Crippen LogP contribution is -2.10. The van der Waals surface area contributed by atoms with Gasteiger partial charge in [-0.2, -0.15) is 0 Å².